The predicted octanol–water partition coefficient (Wildman–Crippen LogP) is 4.19. The lowest BCUT2D eigenvalue weighted by atomic mass is 10.0. The first-order chi connectivity index (χ1) is 18.5. The molecule has 0 saturated heterocycles. The Labute approximate surface area is 221 Å². The second kappa shape index (κ2) is 10.8. The molecule has 1 aliphatic heterocycles. The largest absolute Gasteiger partial charge is 0.497 e. The Hall–Kier alpha value is -4.65. The van der Waals surface area contributed by atoms with Crippen LogP contribution < -0.4 is 15.0 Å². The van der Waals surface area contributed by atoms with Gasteiger partial charge in [-0.3, -0.25) is 19.3 Å². The van der Waals surface area contributed by atoms with E-state index in [-0.39, 0.29) is 30.8 Å². The van der Waals surface area contributed by atoms with Gasteiger partial charge < -0.3 is 15.0 Å². The van der Waals surface area contributed by atoms with E-state index in [4.69, 9.17) is 4.74 Å². The number of likely N-dealkylation sites (N-methyl/N-ethyl adjacent to an activating group) is 1. The van der Waals surface area contributed by atoms with Gasteiger partial charge in [-0.2, -0.15) is 0 Å². The van der Waals surface area contributed by atoms with Gasteiger partial charge in [0, 0.05) is 31.0 Å². The fourth-order valence-electron chi connectivity index (χ4n) is 5.05. The van der Waals surface area contributed by atoms with Crippen LogP contribution in [0.15, 0.2) is 91.0 Å². The van der Waals surface area contributed by atoms with Crippen molar-refractivity contribution < 1.29 is 19.1 Å². The van der Waals surface area contributed by atoms with Crippen LogP contribution in [-0.2, 0) is 22.6 Å². The molecular weight excluding hydrogens is 478 g/mol. The summed E-state index contributed by atoms with van der Waals surface area (Å²) >= 11 is 0. The predicted molar refractivity (Wildman–Crippen MR) is 147 cm³/mol. The van der Waals surface area contributed by atoms with Gasteiger partial charge in [-0.05, 0) is 40.8 Å². The third kappa shape index (κ3) is 4.83. The monoisotopic (exact) mass is 507 g/mol. The van der Waals surface area contributed by atoms with Crippen molar-refractivity contribution in [2.45, 2.75) is 19.0 Å². The number of hydrogen-bond donors (Lipinski definition) is 1. The molecule has 3 amide bonds. The fourth-order valence-corrected chi connectivity index (χ4v) is 5.05. The Morgan fingerprint density at radius 2 is 1.63 bits per heavy atom. The molecule has 4 aromatic carbocycles. The first kappa shape index (κ1) is 25.0. The molecule has 0 aromatic heterocycles. The zero-order chi connectivity index (χ0) is 26.6. The smallest absolute Gasteiger partial charge is 0.259 e. The number of rotatable bonds is 9. The van der Waals surface area contributed by atoms with Crippen molar-refractivity contribution in [3.8, 4) is 5.75 Å². The number of hydrogen-bond acceptors (Lipinski definition) is 4. The van der Waals surface area contributed by atoms with Crippen LogP contribution in [0.25, 0.3) is 10.8 Å². The van der Waals surface area contributed by atoms with Crippen LogP contribution in [0.4, 0.5) is 5.69 Å². The lowest BCUT2D eigenvalue weighted by molar-refractivity contribution is -0.140. The highest BCUT2D eigenvalue weighted by Crippen LogP contribution is 2.37. The molecule has 7 nitrogen and oxygen atoms in total. The quantitative estimate of drug-likeness (QED) is 0.368. The van der Waals surface area contributed by atoms with Gasteiger partial charge in [-0.15, -0.1) is 0 Å². The van der Waals surface area contributed by atoms with Crippen molar-refractivity contribution in [1.82, 2.24) is 10.2 Å². The highest BCUT2D eigenvalue weighted by Gasteiger charge is 2.35. The number of nitrogens with zero attached hydrogens (tertiary/aromatic N) is 2. The van der Waals surface area contributed by atoms with E-state index in [1.54, 1.807) is 25.1 Å². The molecule has 0 spiro atoms. The van der Waals surface area contributed by atoms with Crippen molar-refractivity contribution in [3.05, 3.63) is 108 Å². The van der Waals surface area contributed by atoms with E-state index < -0.39 is 6.04 Å². The van der Waals surface area contributed by atoms with Crippen molar-refractivity contribution in [2.24, 2.45) is 0 Å². The minimum absolute atomic E-state index is 0.181. The molecule has 0 unspecified atom stereocenters. The maximum Gasteiger partial charge on any atom is 0.259 e. The Balaban J connectivity index is 1.50. The van der Waals surface area contributed by atoms with E-state index in [0.717, 1.165) is 21.9 Å². The lowest BCUT2D eigenvalue weighted by Crippen LogP contribution is -2.52. The van der Waals surface area contributed by atoms with Crippen LogP contribution in [0.2, 0.25) is 0 Å². The Morgan fingerprint density at radius 1 is 0.921 bits per heavy atom. The van der Waals surface area contributed by atoms with Crippen LogP contribution >= 0.6 is 0 Å². The Morgan fingerprint density at radius 3 is 2.37 bits per heavy atom. The molecule has 1 atom stereocenters. The molecule has 0 aliphatic carbocycles. The number of benzene rings is 4. The Kier molecular flexibility index (Phi) is 7.09. The molecule has 1 heterocycles. The normalized spacial score (nSPS) is 12.9. The average Bonchev–Trinajstić information content (AvgIpc) is 3.23. The van der Waals surface area contributed by atoms with Crippen LogP contribution in [-0.4, -0.2) is 49.4 Å². The minimum atomic E-state index is -0.781. The first-order valence-electron chi connectivity index (χ1n) is 12.5. The van der Waals surface area contributed by atoms with Crippen molar-refractivity contribution in [2.75, 3.05) is 25.6 Å². The van der Waals surface area contributed by atoms with Gasteiger partial charge in [-0.25, -0.2) is 0 Å². The van der Waals surface area contributed by atoms with Gasteiger partial charge in [0.1, 0.15) is 18.3 Å². The third-order valence-corrected chi connectivity index (χ3v) is 6.95. The average molecular weight is 508 g/mol. The summed E-state index contributed by atoms with van der Waals surface area (Å²) in [5.41, 5.74) is 3.03. The van der Waals surface area contributed by atoms with E-state index in [1.165, 1.54) is 4.90 Å². The van der Waals surface area contributed by atoms with Crippen LogP contribution in [0.3, 0.4) is 0 Å². The zero-order valence-electron chi connectivity index (χ0n) is 21.4. The maximum absolute atomic E-state index is 14.0. The maximum atomic E-state index is 14.0. The molecule has 1 N–H and O–H groups in total. The number of anilines is 1. The molecule has 4 aromatic rings. The second-order valence-electron chi connectivity index (χ2n) is 9.27. The zero-order valence-corrected chi connectivity index (χ0v) is 21.4. The van der Waals surface area contributed by atoms with Gasteiger partial charge in [-0.1, -0.05) is 66.7 Å². The number of carbonyl (C=O) groups is 3. The summed E-state index contributed by atoms with van der Waals surface area (Å²) in [6, 6.07) is 27.5. The third-order valence-electron chi connectivity index (χ3n) is 6.95. The number of carbonyl (C=O) groups excluding carboxylic acids is 3. The van der Waals surface area contributed by atoms with Gasteiger partial charge in [0.15, 0.2) is 0 Å². The van der Waals surface area contributed by atoms with E-state index in [0.29, 0.717) is 23.4 Å². The number of methoxy groups -OCH3 is 1. The molecule has 38 heavy (non-hydrogen) atoms. The van der Waals surface area contributed by atoms with E-state index in [2.05, 4.69) is 5.32 Å². The van der Waals surface area contributed by atoms with Gasteiger partial charge in [0.2, 0.25) is 11.8 Å². The second-order valence-corrected chi connectivity index (χ2v) is 9.27. The summed E-state index contributed by atoms with van der Waals surface area (Å²) in [5, 5.41) is 4.52. The highest BCUT2D eigenvalue weighted by molar-refractivity contribution is 6.26. The van der Waals surface area contributed by atoms with Gasteiger partial charge >= 0.3 is 0 Å². The number of amides is 3. The lowest BCUT2D eigenvalue weighted by Gasteiger charge is -2.32. The molecule has 0 bridgehead atoms. The van der Waals surface area contributed by atoms with E-state index in [1.807, 2.05) is 84.9 Å². The molecule has 0 saturated carbocycles. The summed E-state index contributed by atoms with van der Waals surface area (Å²) in [4.78, 5) is 43.7. The SMILES string of the molecule is CNC(=O)[C@H](Cc1ccccc1)N(Cc1cccc(OC)c1)C(=O)CN1C(=O)c2cccc3cccc1c23. The molecule has 5 rings (SSSR count). The molecule has 192 valence electrons. The van der Waals surface area contributed by atoms with Crippen LogP contribution in [0.1, 0.15) is 21.5 Å². The molecular formula is C31H29N3O4. The van der Waals surface area contributed by atoms with Crippen LogP contribution in [0.5, 0.6) is 5.75 Å². The first-order valence-corrected chi connectivity index (χ1v) is 12.5. The number of ether oxygens (including phenoxy) is 1. The molecule has 0 radical (unpaired) electrons. The van der Waals surface area contributed by atoms with Crippen molar-refractivity contribution in [3.63, 3.8) is 0 Å². The Bertz CT molecular complexity index is 1500. The molecule has 0 fully saturated rings. The van der Waals surface area contributed by atoms with Gasteiger partial charge in [0.25, 0.3) is 5.91 Å². The summed E-state index contributed by atoms with van der Waals surface area (Å²) in [6.45, 7) is -0.000980. The van der Waals surface area contributed by atoms with Crippen molar-refractivity contribution >= 4 is 34.2 Å². The van der Waals surface area contributed by atoms with E-state index >= 15 is 0 Å². The topological polar surface area (TPSA) is 79.0 Å². The standard InChI is InChI=1S/C31H29N3O4/c1-32-30(36)27(18-21-9-4-3-5-10-21)33(19-22-11-6-14-24(17-22)38-2)28(35)20-34-26-16-8-13-23-12-7-15-25(29(23)26)31(34)37/h3-17,27H,18-20H2,1-2H3,(H,32,36)/t27-/m0/s1. The fraction of sp³-hybridized carbons (Fsp3) is 0.194. The van der Waals surface area contributed by atoms with Crippen LogP contribution in [0, 0.1) is 0 Å². The van der Waals surface area contributed by atoms with Gasteiger partial charge in [0.05, 0.1) is 12.8 Å². The minimum Gasteiger partial charge on any atom is -0.497 e. The summed E-state index contributed by atoms with van der Waals surface area (Å²) < 4.78 is 5.38. The molecule has 1 aliphatic rings. The molecule has 7 heteroatoms. The van der Waals surface area contributed by atoms with E-state index in [9.17, 15) is 14.4 Å². The highest BCUT2D eigenvalue weighted by atomic mass is 16.5. The number of nitrogens with one attached hydrogen (secondary N) is 1. The summed E-state index contributed by atoms with van der Waals surface area (Å²) in [6.07, 6.45) is 0.333. The van der Waals surface area contributed by atoms with Crippen molar-refractivity contribution in [1.29, 1.82) is 0 Å². The summed E-state index contributed by atoms with van der Waals surface area (Å²) in [7, 11) is 3.15. The summed E-state index contributed by atoms with van der Waals surface area (Å²) in [5.74, 6) is -0.156.